The third kappa shape index (κ3) is 5.61. The van der Waals surface area contributed by atoms with Crippen LogP contribution in [0.1, 0.15) is 36.6 Å². The van der Waals surface area contributed by atoms with Crippen molar-refractivity contribution in [1.29, 1.82) is 0 Å². The number of amides is 1. The van der Waals surface area contributed by atoms with E-state index in [9.17, 15) is 23.6 Å². The van der Waals surface area contributed by atoms with E-state index in [0.29, 0.717) is 5.56 Å². The van der Waals surface area contributed by atoms with E-state index in [4.69, 9.17) is 4.74 Å². The molecule has 9 heteroatoms. The van der Waals surface area contributed by atoms with Crippen LogP contribution in [0.4, 0.5) is 10.1 Å². The summed E-state index contributed by atoms with van der Waals surface area (Å²) < 4.78 is 27.6. The van der Waals surface area contributed by atoms with Crippen molar-refractivity contribution in [2.24, 2.45) is 0 Å². The smallest absolute Gasteiger partial charge is 0.338 e. The zero-order valence-corrected chi connectivity index (χ0v) is 15.9. The topological polar surface area (TPSA) is 108 Å². The molecule has 1 amide bonds. The second kappa shape index (κ2) is 9.45. The lowest BCUT2D eigenvalue weighted by molar-refractivity contribution is -0.119. The normalized spacial score (nSPS) is 10.1. The van der Waals surface area contributed by atoms with Gasteiger partial charge in [-0.25, -0.2) is 18.8 Å². The number of nitrogens with one attached hydrogen (secondary N) is 1. The van der Waals surface area contributed by atoms with Crippen molar-refractivity contribution in [2.75, 3.05) is 26.1 Å². The summed E-state index contributed by atoms with van der Waals surface area (Å²) in [5.41, 5.74) is 0.444. The number of carbonyl (C=O) groups excluding carboxylic acids is 4. The van der Waals surface area contributed by atoms with Crippen LogP contribution in [0.25, 0.3) is 0 Å². The predicted molar refractivity (Wildman–Crippen MR) is 99.2 cm³/mol. The highest BCUT2D eigenvalue weighted by Gasteiger charge is 2.16. The van der Waals surface area contributed by atoms with E-state index in [1.54, 1.807) is 6.92 Å². The van der Waals surface area contributed by atoms with Gasteiger partial charge in [-0.3, -0.25) is 4.79 Å². The Labute approximate surface area is 165 Å². The molecule has 8 nitrogen and oxygen atoms in total. The molecule has 0 aliphatic heterocycles. The van der Waals surface area contributed by atoms with Crippen LogP contribution >= 0.6 is 0 Å². The van der Waals surface area contributed by atoms with E-state index < -0.39 is 36.2 Å². The lowest BCUT2D eigenvalue weighted by atomic mass is 10.1. The average Bonchev–Trinajstić information content (AvgIpc) is 2.72. The molecule has 152 valence electrons. The number of ether oxygens (including phenoxy) is 3. The van der Waals surface area contributed by atoms with Crippen molar-refractivity contribution in [1.82, 2.24) is 0 Å². The Morgan fingerprint density at radius 1 is 0.862 bits per heavy atom. The fourth-order valence-corrected chi connectivity index (χ4v) is 2.30. The maximum atomic E-state index is 13.5. The second-order valence-electron chi connectivity index (χ2n) is 5.87. The second-order valence-corrected chi connectivity index (χ2v) is 5.87. The first-order valence-electron chi connectivity index (χ1n) is 8.30. The monoisotopic (exact) mass is 403 g/mol. The summed E-state index contributed by atoms with van der Waals surface area (Å²) in [6.07, 6.45) is 0. The van der Waals surface area contributed by atoms with E-state index in [1.807, 2.05) is 0 Å². The number of aryl methyl sites for hydroxylation is 1. The SMILES string of the molecule is COC(=O)c1cc(NC(=O)COC(=O)c2ccc(C)c(F)c2)cc(C(=O)OC)c1. The van der Waals surface area contributed by atoms with Gasteiger partial charge in [-0.05, 0) is 42.8 Å². The van der Waals surface area contributed by atoms with Crippen molar-refractivity contribution in [2.45, 2.75) is 6.92 Å². The molecule has 0 aliphatic carbocycles. The van der Waals surface area contributed by atoms with Gasteiger partial charge in [0, 0.05) is 5.69 Å². The van der Waals surface area contributed by atoms with Gasteiger partial charge in [0.25, 0.3) is 5.91 Å². The Morgan fingerprint density at radius 2 is 1.45 bits per heavy atom. The highest BCUT2D eigenvalue weighted by atomic mass is 19.1. The van der Waals surface area contributed by atoms with Crippen LogP contribution in [0, 0.1) is 12.7 Å². The van der Waals surface area contributed by atoms with Gasteiger partial charge < -0.3 is 19.5 Å². The molecule has 0 spiro atoms. The summed E-state index contributed by atoms with van der Waals surface area (Å²) >= 11 is 0. The van der Waals surface area contributed by atoms with Gasteiger partial charge in [-0.2, -0.15) is 0 Å². The minimum Gasteiger partial charge on any atom is -0.465 e. The number of methoxy groups -OCH3 is 2. The van der Waals surface area contributed by atoms with Gasteiger partial charge in [0.05, 0.1) is 30.9 Å². The molecular formula is C20H18FNO7. The van der Waals surface area contributed by atoms with Crippen LogP contribution in [-0.4, -0.2) is 44.6 Å². The molecule has 0 saturated carbocycles. The molecule has 2 aromatic rings. The lowest BCUT2D eigenvalue weighted by Gasteiger charge is -2.10. The van der Waals surface area contributed by atoms with Crippen molar-refractivity contribution in [3.05, 3.63) is 64.5 Å². The Kier molecular flexibility index (Phi) is 7.02. The van der Waals surface area contributed by atoms with Crippen molar-refractivity contribution < 1.29 is 37.8 Å². The maximum Gasteiger partial charge on any atom is 0.338 e. The fraction of sp³-hybridized carbons (Fsp3) is 0.200. The van der Waals surface area contributed by atoms with Crippen LogP contribution < -0.4 is 5.32 Å². The number of hydrogen-bond acceptors (Lipinski definition) is 7. The number of esters is 3. The van der Waals surface area contributed by atoms with Gasteiger partial charge in [0.2, 0.25) is 0 Å². The number of carbonyl (C=O) groups is 4. The van der Waals surface area contributed by atoms with Gasteiger partial charge in [-0.1, -0.05) is 6.07 Å². The molecule has 0 saturated heterocycles. The molecule has 0 radical (unpaired) electrons. The maximum absolute atomic E-state index is 13.5. The van der Waals surface area contributed by atoms with Gasteiger partial charge in [-0.15, -0.1) is 0 Å². The van der Waals surface area contributed by atoms with Crippen LogP contribution in [0.5, 0.6) is 0 Å². The molecule has 2 rings (SSSR count). The minimum absolute atomic E-state index is 0.0119. The molecule has 29 heavy (non-hydrogen) atoms. The quantitative estimate of drug-likeness (QED) is 0.583. The Balaban J connectivity index is 2.09. The molecule has 0 aromatic heterocycles. The summed E-state index contributed by atoms with van der Waals surface area (Å²) in [6.45, 7) is 0.882. The lowest BCUT2D eigenvalue weighted by Crippen LogP contribution is -2.21. The molecule has 0 fully saturated rings. The molecule has 0 aliphatic rings. The third-order valence-electron chi connectivity index (χ3n) is 3.80. The highest BCUT2D eigenvalue weighted by molar-refractivity contribution is 6.00. The molecule has 2 aromatic carbocycles. The fourth-order valence-electron chi connectivity index (χ4n) is 2.30. The zero-order chi connectivity index (χ0) is 21.6. The Bertz CT molecular complexity index is 937. The first-order valence-corrected chi connectivity index (χ1v) is 8.30. The molecule has 0 unspecified atom stereocenters. The van der Waals surface area contributed by atoms with Crippen LogP contribution in [0.15, 0.2) is 36.4 Å². The number of hydrogen-bond donors (Lipinski definition) is 1. The average molecular weight is 403 g/mol. The van der Waals surface area contributed by atoms with E-state index in [-0.39, 0.29) is 22.4 Å². The number of halogens is 1. The molecule has 0 heterocycles. The van der Waals surface area contributed by atoms with E-state index in [2.05, 4.69) is 14.8 Å². The number of benzene rings is 2. The Hall–Kier alpha value is -3.75. The van der Waals surface area contributed by atoms with Gasteiger partial charge in [0.15, 0.2) is 6.61 Å². The minimum atomic E-state index is -0.877. The summed E-state index contributed by atoms with van der Waals surface area (Å²) in [5.74, 6) is -3.63. The summed E-state index contributed by atoms with van der Waals surface area (Å²) in [5, 5.41) is 2.40. The van der Waals surface area contributed by atoms with Crippen LogP contribution in [0.3, 0.4) is 0 Å². The Morgan fingerprint density at radius 3 is 1.97 bits per heavy atom. The summed E-state index contributed by atoms with van der Waals surface area (Å²) in [6, 6.07) is 7.62. The van der Waals surface area contributed by atoms with Gasteiger partial charge >= 0.3 is 17.9 Å². The number of anilines is 1. The number of rotatable bonds is 6. The van der Waals surface area contributed by atoms with Crippen LogP contribution in [-0.2, 0) is 19.0 Å². The summed E-state index contributed by atoms with van der Waals surface area (Å²) in [4.78, 5) is 47.5. The van der Waals surface area contributed by atoms with Crippen LogP contribution in [0.2, 0.25) is 0 Å². The van der Waals surface area contributed by atoms with Crippen molar-refractivity contribution in [3.63, 3.8) is 0 Å². The highest BCUT2D eigenvalue weighted by Crippen LogP contribution is 2.17. The van der Waals surface area contributed by atoms with Crippen molar-refractivity contribution >= 4 is 29.5 Å². The standard InChI is InChI=1S/C20H18FNO7/c1-11-4-5-12(9-16(11)21)20(26)29-10-17(23)22-15-7-13(18(24)27-2)6-14(8-15)19(25)28-3/h4-9H,10H2,1-3H3,(H,22,23). The molecule has 0 atom stereocenters. The van der Waals surface area contributed by atoms with Gasteiger partial charge in [0.1, 0.15) is 5.82 Å². The molecule has 1 N–H and O–H groups in total. The third-order valence-corrected chi connectivity index (χ3v) is 3.80. The van der Waals surface area contributed by atoms with Crippen molar-refractivity contribution in [3.8, 4) is 0 Å². The van der Waals surface area contributed by atoms with E-state index >= 15 is 0 Å². The first-order chi connectivity index (χ1) is 13.7. The predicted octanol–water partition coefficient (Wildman–Crippen LogP) is 2.50. The van der Waals surface area contributed by atoms with E-state index in [0.717, 1.165) is 6.07 Å². The first kappa shape index (κ1) is 21.5. The zero-order valence-electron chi connectivity index (χ0n) is 15.9. The molecular weight excluding hydrogens is 385 g/mol. The summed E-state index contributed by atoms with van der Waals surface area (Å²) in [7, 11) is 2.33. The van der Waals surface area contributed by atoms with E-state index in [1.165, 1.54) is 44.6 Å². The largest absolute Gasteiger partial charge is 0.465 e. The molecule has 0 bridgehead atoms.